The first kappa shape index (κ1) is 21.8. The van der Waals surface area contributed by atoms with E-state index in [-0.39, 0.29) is 32.6 Å². The highest BCUT2D eigenvalue weighted by atomic mass is 35.5. The van der Waals surface area contributed by atoms with Gasteiger partial charge in [0.05, 0.1) is 21.3 Å². The number of nitrogens with one attached hydrogen (secondary N) is 1. The Morgan fingerprint density at radius 2 is 1.87 bits per heavy atom. The molecule has 160 valence electrons. The molecule has 1 N–H and O–H groups in total. The lowest BCUT2D eigenvalue weighted by Gasteiger charge is -2.22. The maximum absolute atomic E-state index is 13.8. The van der Waals surface area contributed by atoms with Gasteiger partial charge in [0.1, 0.15) is 5.82 Å². The maximum atomic E-state index is 13.8. The third kappa shape index (κ3) is 4.33. The van der Waals surface area contributed by atoms with Crippen LogP contribution in [0.1, 0.15) is 44.0 Å². The van der Waals surface area contributed by atoms with Gasteiger partial charge < -0.3 is 10.2 Å². The van der Waals surface area contributed by atoms with E-state index in [1.807, 2.05) is 11.4 Å². The molecule has 31 heavy (non-hydrogen) atoms. The number of carbonyl (C=O) groups excluding carboxylic acids is 2. The second kappa shape index (κ2) is 8.99. The Morgan fingerprint density at radius 1 is 1.13 bits per heavy atom. The van der Waals surface area contributed by atoms with Gasteiger partial charge in [0.25, 0.3) is 11.8 Å². The molecule has 0 fully saturated rings. The molecule has 1 aliphatic heterocycles. The lowest BCUT2D eigenvalue weighted by molar-refractivity contribution is 0.0986. The highest BCUT2D eigenvalue weighted by molar-refractivity contribution is 7.10. The summed E-state index contributed by atoms with van der Waals surface area (Å²) in [5, 5.41) is 4.94. The summed E-state index contributed by atoms with van der Waals surface area (Å²) in [7, 11) is 0. The molecule has 3 aromatic rings. The molecule has 0 bridgehead atoms. The third-order valence-electron chi connectivity index (χ3n) is 5.32. The highest BCUT2D eigenvalue weighted by Gasteiger charge is 2.27. The molecule has 2 amide bonds. The number of benzene rings is 2. The van der Waals surface area contributed by atoms with Gasteiger partial charge in [0, 0.05) is 22.7 Å². The Kier molecular flexibility index (Phi) is 6.32. The zero-order valence-electron chi connectivity index (χ0n) is 16.7. The second-order valence-electron chi connectivity index (χ2n) is 7.32. The van der Waals surface area contributed by atoms with Crippen LogP contribution in [0.3, 0.4) is 0 Å². The van der Waals surface area contributed by atoms with Crippen LogP contribution in [0.5, 0.6) is 0 Å². The predicted octanol–water partition coefficient (Wildman–Crippen LogP) is 6.74. The monoisotopic (exact) mass is 476 g/mol. The summed E-state index contributed by atoms with van der Waals surface area (Å²) >= 11 is 14.5. The minimum atomic E-state index is -0.487. The number of thiophene rings is 1. The molecule has 1 aromatic heterocycles. The van der Waals surface area contributed by atoms with Crippen molar-refractivity contribution in [3.63, 3.8) is 0 Å². The number of anilines is 2. The minimum Gasteiger partial charge on any atom is -0.322 e. The molecule has 0 saturated carbocycles. The largest absolute Gasteiger partial charge is 0.322 e. The van der Waals surface area contributed by atoms with Crippen LogP contribution in [0.25, 0.3) is 0 Å². The fourth-order valence-corrected chi connectivity index (χ4v) is 5.26. The van der Waals surface area contributed by atoms with E-state index in [1.54, 1.807) is 16.2 Å². The van der Waals surface area contributed by atoms with Crippen molar-refractivity contribution in [2.45, 2.75) is 26.2 Å². The molecule has 2 aromatic carbocycles. The summed E-state index contributed by atoms with van der Waals surface area (Å²) in [6.45, 7) is 2.12. The van der Waals surface area contributed by atoms with Crippen molar-refractivity contribution >= 4 is 57.7 Å². The van der Waals surface area contributed by atoms with Gasteiger partial charge in [0.2, 0.25) is 0 Å². The molecule has 0 saturated heterocycles. The van der Waals surface area contributed by atoms with Gasteiger partial charge in [0.15, 0.2) is 0 Å². The van der Waals surface area contributed by atoms with Gasteiger partial charge >= 0.3 is 0 Å². The average Bonchev–Trinajstić information content (AvgIpc) is 3.08. The standard InChI is InChI=1S/C23H19Cl2FN2O2S/c1-13-15(5-4-6-18(13)26)22(29)27-14-11-16(24)21(17(25)12-14)23(30)28-9-3-2-7-20-19(28)8-10-31-20/h4-6,8,10-12H,2-3,7,9H2,1H3,(H,27,29). The van der Waals surface area contributed by atoms with Crippen molar-refractivity contribution < 1.29 is 14.0 Å². The van der Waals surface area contributed by atoms with E-state index in [9.17, 15) is 14.0 Å². The Hall–Kier alpha value is -2.41. The maximum Gasteiger partial charge on any atom is 0.261 e. The molecule has 0 aliphatic carbocycles. The molecular weight excluding hydrogens is 458 g/mol. The normalized spacial score (nSPS) is 13.5. The lowest BCUT2D eigenvalue weighted by Crippen LogP contribution is -2.32. The molecule has 0 atom stereocenters. The number of hydrogen-bond acceptors (Lipinski definition) is 3. The van der Waals surface area contributed by atoms with Crippen LogP contribution >= 0.6 is 34.5 Å². The van der Waals surface area contributed by atoms with Gasteiger partial charge in [-0.1, -0.05) is 29.3 Å². The molecule has 2 heterocycles. The Balaban J connectivity index is 1.61. The quantitative estimate of drug-likeness (QED) is 0.454. The van der Waals surface area contributed by atoms with Gasteiger partial charge in [-0.2, -0.15) is 0 Å². The number of aryl methyl sites for hydroxylation is 1. The van der Waals surface area contributed by atoms with E-state index in [0.29, 0.717) is 12.2 Å². The van der Waals surface area contributed by atoms with Crippen LogP contribution in [-0.4, -0.2) is 18.4 Å². The number of rotatable bonds is 3. The summed E-state index contributed by atoms with van der Waals surface area (Å²) in [5.74, 6) is -1.22. The van der Waals surface area contributed by atoms with E-state index in [1.165, 1.54) is 42.1 Å². The van der Waals surface area contributed by atoms with E-state index < -0.39 is 11.7 Å². The first-order valence-electron chi connectivity index (χ1n) is 9.80. The average molecular weight is 477 g/mol. The van der Waals surface area contributed by atoms with Crippen molar-refractivity contribution in [2.75, 3.05) is 16.8 Å². The van der Waals surface area contributed by atoms with Crippen LogP contribution in [-0.2, 0) is 6.42 Å². The predicted molar refractivity (Wildman–Crippen MR) is 124 cm³/mol. The molecule has 1 aliphatic rings. The number of amides is 2. The van der Waals surface area contributed by atoms with Gasteiger partial charge in [-0.05, 0) is 67.5 Å². The highest BCUT2D eigenvalue weighted by Crippen LogP contribution is 2.36. The van der Waals surface area contributed by atoms with Crippen molar-refractivity contribution in [1.29, 1.82) is 0 Å². The molecule has 4 rings (SSSR count). The number of halogens is 3. The van der Waals surface area contributed by atoms with Crippen LogP contribution in [0.2, 0.25) is 10.0 Å². The summed E-state index contributed by atoms with van der Waals surface area (Å²) in [5.41, 5.74) is 1.88. The first-order chi connectivity index (χ1) is 14.9. The van der Waals surface area contributed by atoms with Gasteiger partial charge in [-0.25, -0.2) is 4.39 Å². The van der Waals surface area contributed by atoms with Crippen LogP contribution in [0.4, 0.5) is 15.8 Å². The van der Waals surface area contributed by atoms with Crippen LogP contribution in [0.15, 0.2) is 41.8 Å². The van der Waals surface area contributed by atoms with E-state index in [4.69, 9.17) is 23.2 Å². The SMILES string of the molecule is Cc1c(F)cccc1C(=O)Nc1cc(Cl)c(C(=O)N2CCCCc3sccc32)c(Cl)c1. The van der Waals surface area contributed by atoms with E-state index >= 15 is 0 Å². The third-order valence-corrected chi connectivity index (χ3v) is 6.89. The van der Waals surface area contributed by atoms with Crippen molar-refractivity contribution in [3.8, 4) is 0 Å². The van der Waals surface area contributed by atoms with E-state index in [0.717, 1.165) is 24.9 Å². The van der Waals surface area contributed by atoms with Crippen molar-refractivity contribution in [2.24, 2.45) is 0 Å². The zero-order chi connectivity index (χ0) is 22.1. The topological polar surface area (TPSA) is 49.4 Å². The fraction of sp³-hybridized carbons (Fsp3) is 0.217. The fourth-order valence-electron chi connectivity index (χ4n) is 3.68. The Morgan fingerprint density at radius 3 is 2.61 bits per heavy atom. The molecule has 0 unspecified atom stereocenters. The lowest BCUT2D eigenvalue weighted by atomic mass is 10.1. The Labute approximate surface area is 193 Å². The number of nitrogens with zero attached hydrogens (tertiary/aromatic N) is 1. The molecule has 0 radical (unpaired) electrons. The number of hydrogen-bond donors (Lipinski definition) is 1. The van der Waals surface area contributed by atoms with Gasteiger partial charge in [-0.15, -0.1) is 11.3 Å². The minimum absolute atomic E-state index is 0.143. The molecular formula is C23H19Cl2FN2O2S. The van der Waals surface area contributed by atoms with Crippen molar-refractivity contribution in [3.05, 3.63) is 79.2 Å². The van der Waals surface area contributed by atoms with E-state index in [2.05, 4.69) is 5.32 Å². The Bertz CT molecular complexity index is 1160. The van der Waals surface area contributed by atoms with Crippen molar-refractivity contribution in [1.82, 2.24) is 0 Å². The number of fused-ring (bicyclic) bond motifs is 1. The smallest absolute Gasteiger partial charge is 0.261 e. The van der Waals surface area contributed by atoms with Crippen LogP contribution in [0, 0.1) is 12.7 Å². The summed E-state index contributed by atoms with van der Waals surface area (Å²) < 4.78 is 13.8. The van der Waals surface area contributed by atoms with Crippen LogP contribution < -0.4 is 10.2 Å². The summed E-state index contributed by atoms with van der Waals surface area (Å²) in [6.07, 6.45) is 2.86. The number of carbonyl (C=O) groups is 2. The molecule has 0 spiro atoms. The summed E-state index contributed by atoms with van der Waals surface area (Å²) in [4.78, 5) is 28.8. The molecule has 4 nitrogen and oxygen atoms in total. The summed E-state index contributed by atoms with van der Waals surface area (Å²) in [6, 6.07) is 9.22. The van der Waals surface area contributed by atoms with Gasteiger partial charge in [-0.3, -0.25) is 9.59 Å². The second-order valence-corrected chi connectivity index (χ2v) is 9.14. The first-order valence-corrected chi connectivity index (χ1v) is 11.4. The molecule has 8 heteroatoms. The zero-order valence-corrected chi connectivity index (χ0v) is 19.0.